The van der Waals surface area contributed by atoms with Crippen LogP contribution in [0, 0.1) is 51.2 Å². The largest absolute Gasteiger partial charge is 0.616 e. The number of amides is 1. The molecule has 0 aromatic rings. The van der Waals surface area contributed by atoms with E-state index in [1.54, 1.807) is 6.92 Å². The quantitative estimate of drug-likeness (QED) is 0.205. The van der Waals surface area contributed by atoms with Crippen molar-refractivity contribution in [1.82, 2.24) is 9.80 Å². The molecule has 50 heavy (non-hydrogen) atoms. The molecule has 1 N–H and O–H groups in total. The fourth-order valence-electron chi connectivity index (χ4n) is 13.7. The van der Waals surface area contributed by atoms with Gasteiger partial charge in [0.1, 0.15) is 11.5 Å². The predicted octanol–water partition coefficient (Wildman–Crippen LogP) is 8.44. The lowest BCUT2D eigenvalue weighted by Crippen LogP contribution is -2.61. The van der Waals surface area contributed by atoms with Gasteiger partial charge in [0.2, 0.25) is 5.91 Å². The lowest BCUT2D eigenvalue weighted by molar-refractivity contribution is -0.182. The van der Waals surface area contributed by atoms with Crippen LogP contribution in [-0.2, 0) is 20.8 Å². The molecule has 6 rings (SSSR count). The maximum absolute atomic E-state index is 13.3. The highest BCUT2D eigenvalue weighted by molar-refractivity contribution is 7.91. The van der Waals surface area contributed by atoms with E-state index in [1.807, 2.05) is 6.08 Å². The molecule has 4 saturated carbocycles. The minimum absolute atomic E-state index is 0.00370. The van der Waals surface area contributed by atoms with Crippen molar-refractivity contribution >= 4 is 23.1 Å². The van der Waals surface area contributed by atoms with Crippen LogP contribution in [0.1, 0.15) is 125 Å². The molecule has 0 aromatic carbocycles. The van der Waals surface area contributed by atoms with Crippen LogP contribution in [0.4, 0.5) is 4.39 Å². The molecule has 0 bridgehead atoms. The number of aliphatic carboxylic acids is 1. The Kier molecular flexibility index (Phi) is 11.6. The Morgan fingerprint density at radius 2 is 1.76 bits per heavy atom. The predicted molar refractivity (Wildman–Crippen MR) is 201 cm³/mol. The first-order valence-corrected chi connectivity index (χ1v) is 21.7. The van der Waals surface area contributed by atoms with Crippen LogP contribution >= 0.6 is 0 Å². The van der Waals surface area contributed by atoms with Crippen molar-refractivity contribution < 1.29 is 23.6 Å². The molecule has 8 unspecified atom stereocenters. The van der Waals surface area contributed by atoms with Gasteiger partial charge in [-0.2, -0.15) is 0 Å². The van der Waals surface area contributed by atoms with E-state index in [-0.39, 0.29) is 35.2 Å². The van der Waals surface area contributed by atoms with Gasteiger partial charge in [0.15, 0.2) is 0 Å². The molecule has 5 fully saturated rings. The van der Waals surface area contributed by atoms with E-state index in [9.17, 15) is 23.6 Å². The molecule has 8 atom stereocenters. The zero-order chi connectivity index (χ0) is 35.9. The normalized spacial score (nSPS) is 38.7. The summed E-state index contributed by atoms with van der Waals surface area (Å²) in [6.45, 7) is 16.0. The van der Waals surface area contributed by atoms with Crippen LogP contribution in [-0.4, -0.2) is 82.2 Å². The third kappa shape index (κ3) is 7.13. The molecule has 0 spiro atoms. The van der Waals surface area contributed by atoms with Crippen LogP contribution < -0.4 is 0 Å². The van der Waals surface area contributed by atoms with Gasteiger partial charge < -0.3 is 14.6 Å². The molecule has 5 aliphatic carbocycles. The number of carbonyl (C=O) groups excluding carboxylic acids is 1. The first kappa shape index (κ1) is 38.3. The number of rotatable bonds is 12. The summed E-state index contributed by atoms with van der Waals surface area (Å²) in [4.78, 5) is 29.2. The summed E-state index contributed by atoms with van der Waals surface area (Å²) >= 11 is -0.653. The zero-order valence-electron chi connectivity index (χ0n) is 32.0. The maximum Gasteiger partial charge on any atom is 0.307 e. The van der Waals surface area contributed by atoms with Crippen molar-refractivity contribution in [3.05, 3.63) is 23.3 Å². The molecule has 1 heterocycles. The van der Waals surface area contributed by atoms with E-state index in [1.165, 1.54) is 63.4 Å². The zero-order valence-corrected chi connectivity index (χ0v) is 32.8. The fourth-order valence-corrected chi connectivity index (χ4v) is 14.8. The summed E-state index contributed by atoms with van der Waals surface area (Å²) in [6.07, 6.45) is 18.9. The van der Waals surface area contributed by atoms with Gasteiger partial charge in [0, 0.05) is 39.6 Å². The molecule has 1 saturated heterocycles. The Bertz CT molecular complexity index is 1310. The van der Waals surface area contributed by atoms with Gasteiger partial charge in [0.25, 0.3) is 0 Å². The molecule has 0 radical (unpaired) electrons. The number of carboxylic acids is 1. The average Bonchev–Trinajstić information content (AvgIpc) is 3.49. The molecular weight excluding hydrogens is 648 g/mol. The van der Waals surface area contributed by atoms with Crippen LogP contribution in [0.2, 0.25) is 0 Å². The van der Waals surface area contributed by atoms with Crippen molar-refractivity contribution in [2.45, 2.75) is 125 Å². The summed E-state index contributed by atoms with van der Waals surface area (Å²) in [7, 11) is 0. The van der Waals surface area contributed by atoms with Gasteiger partial charge in [-0.3, -0.25) is 18.9 Å². The number of nitrogens with zero attached hydrogens (tertiary/aromatic N) is 2. The van der Waals surface area contributed by atoms with Crippen molar-refractivity contribution in [2.24, 2.45) is 51.2 Å². The average molecular weight is 715 g/mol. The monoisotopic (exact) mass is 714 g/mol. The van der Waals surface area contributed by atoms with Crippen LogP contribution in [0.3, 0.4) is 0 Å². The van der Waals surface area contributed by atoms with E-state index in [4.69, 9.17) is 0 Å². The van der Waals surface area contributed by atoms with E-state index < -0.39 is 17.1 Å². The summed E-state index contributed by atoms with van der Waals surface area (Å²) < 4.78 is 25.2. The molecule has 1 aliphatic heterocycles. The highest BCUT2D eigenvalue weighted by Crippen LogP contribution is 2.73. The molecule has 0 aromatic heterocycles. The third-order valence-corrected chi connectivity index (χ3v) is 17.1. The van der Waals surface area contributed by atoms with Crippen LogP contribution in [0.25, 0.3) is 0 Å². The first-order valence-electron chi connectivity index (χ1n) is 20.3. The van der Waals surface area contributed by atoms with Crippen molar-refractivity contribution in [3.8, 4) is 0 Å². The topological polar surface area (TPSA) is 83.9 Å². The number of hydrogen-bond donors (Lipinski definition) is 1. The maximum atomic E-state index is 13.3. The van der Waals surface area contributed by atoms with E-state index in [0.29, 0.717) is 30.1 Å². The van der Waals surface area contributed by atoms with Crippen molar-refractivity contribution in [1.29, 1.82) is 0 Å². The minimum Gasteiger partial charge on any atom is -0.616 e. The van der Waals surface area contributed by atoms with Crippen molar-refractivity contribution in [2.75, 3.05) is 50.9 Å². The number of carbonyl (C=O) groups is 2. The standard InChI is InChI=1S/C42H67FN2O4S/c1-30(46)45(24-8-23-44-25-27-50(49)28-26-44)29-42-18-6-10-35(42)32-12-13-37-40(4,34(32)16-21-42)20-17-36-39(2,3)33(15-19-41(36,37)5)31(9-7-22-43)11-14-38(47)48/h11,15,32,34-37H,6-10,12-14,16-29H2,1-5H3,(H,47,48)/b31-11+. The Balaban J connectivity index is 1.17. The van der Waals surface area contributed by atoms with Crippen LogP contribution in [0.15, 0.2) is 23.3 Å². The van der Waals surface area contributed by atoms with Gasteiger partial charge in [-0.1, -0.05) is 57.4 Å². The van der Waals surface area contributed by atoms with Crippen LogP contribution in [0.5, 0.6) is 0 Å². The van der Waals surface area contributed by atoms with Crippen molar-refractivity contribution in [3.63, 3.8) is 0 Å². The number of allylic oxidation sites excluding steroid dienone is 3. The second-order valence-corrected chi connectivity index (χ2v) is 20.2. The second-order valence-electron chi connectivity index (χ2n) is 18.6. The Morgan fingerprint density at radius 3 is 2.46 bits per heavy atom. The highest BCUT2D eigenvalue weighted by atomic mass is 32.2. The summed E-state index contributed by atoms with van der Waals surface area (Å²) in [5, 5.41) is 9.46. The third-order valence-electron chi connectivity index (χ3n) is 15.8. The number of alkyl halides is 1. The van der Waals surface area contributed by atoms with Gasteiger partial charge in [-0.15, -0.1) is 0 Å². The van der Waals surface area contributed by atoms with Gasteiger partial charge in [-0.25, -0.2) is 0 Å². The molecule has 1 amide bonds. The number of hydrogen-bond acceptors (Lipinski definition) is 4. The second kappa shape index (κ2) is 15.2. The summed E-state index contributed by atoms with van der Waals surface area (Å²) in [6, 6.07) is 0. The molecule has 8 heteroatoms. The Hall–Kier alpha value is -1.38. The first-order chi connectivity index (χ1) is 23.7. The Labute approximate surface area is 305 Å². The van der Waals surface area contributed by atoms with E-state index >= 15 is 0 Å². The molecule has 6 nitrogen and oxygen atoms in total. The molecule has 282 valence electrons. The highest BCUT2D eigenvalue weighted by Gasteiger charge is 2.65. The number of carboxylic acid groups (broad SMARTS) is 1. The number of halogens is 1. The van der Waals surface area contributed by atoms with Gasteiger partial charge in [-0.05, 0) is 139 Å². The molecular formula is C42H67FN2O4S. The molecule has 6 aliphatic rings. The van der Waals surface area contributed by atoms with E-state index in [0.717, 1.165) is 80.4 Å². The summed E-state index contributed by atoms with van der Waals surface area (Å²) in [5.41, 5.74) is 3.04. The lowest BCUT2D eigenvalue weighted by atomic mass is 9.36. The summed E-state index contributed by atoms with van der Waals surface area (Å²) in [5.74, 6) is 4.38. The fraction of sp³-hybridized carbons (Fsp3) is 0.857. The van der Waals surface area contributed by atoms with Gasteiger partial charge in [0.05, 0.1) is 13.1 Å². The van der Waals surface area contributed by atoms with E-state index in [2.05, 4.69) is 43.6 Å². The Morgan fingerprint density at radius 1 is 1.00 bits per heavy atom. The number of fused-ring (bicyclic) bond motifs is 7. The minimum atomic E-state index is -0.826. The smallest absolute Gasteiger partial charge is 0.307 e. The van der Waals surface area contributed by atoms with Gasteiger partial charge >= 0.3 is 5.97 Å². The lowest BCUT2D eigenvalue weighted by Gasteiger charge is -2.68. The SMILES string of the molecule is CC(=O)N(CCCN1CC[S+]([O-])CC1)CC12CCCC1C1CCC3C(C)(CCC4C(C)(C)C(/C(=C/CC(=O)O)CCCF)=CCC43C)C1CC2.